The fraction of sp³-hybridized carbons (Fsp3) is 0.824. The predicted octanol–water partition coefficient (Wildman–Crippen LogP) is 0.807. The van der Waals surface area contributed by atoms with Gasteiger partial charge < -0.3 is 14.4 Å². The number of esters is 1. The van der Waals surface area contributed by atoms with Crippen LogP contribution in [0.4, 0.5) is 0 Å². The van der Waals surface area contributed by atoms with Crippen molar-refractivity contribution in [2.75, 3.05) is 32.8 Å². The molecule has 0 amide bonds. The van der Waals surface area contributed by atoms with Gasteiger partial charge in [-0.3, -0.25) is 4.79 Å². The Labute approximate surface area is 128 Å². The molecule has 0 aliphatic carbocycles. The highest BCUT2D eigenvalue weighted by molar-refractivity contribution is 5.75. The van der Waals surface area contributed by atoms with Crippen molar-refractivity contribution < 1.29 is 19.2 Å². The summed E-state index contributed by atoms with van der Waals surface area (Å²) in [6.07, 6.45) is 6.34. The third kappa shape index (κ3) is 5.68. The van der Waals surface area contributed by atoms with Crippen LogP contribution in [0.15, 0.2) is 0 Å². The Hall–Kier alpha value is -1.05. The van der Waals surface area contributed by atoms with E-state index in [1.54, 1.807) is 4.90 Å². The third-order valence-electron chi connectivity index (χ3n) is 4.19. The summed E-state index contributed by atoms with van der Waals surface area (Å²) in [6.45, 7) is 6.75. The van der Waals surface area contributed by atoms with Gasteiger partial charge in [-0.1, -0.05) is 12.8 Å². The van der Waals surface area contributed by atoms with E-state index in [1.165, 1.54) is 32.4 Å². The molecule has 1 N–H and O–H groups in total. The number of quaternary nitrogens is 1. The molecule has 2 saturated heterocycles. The highest BCUT2D eigenvalue weighted by atomic mass is 16.6. The average molecular weight is 294 g/mol. The molecule has 2 heterocycles. The fourth-order valence-electron chi connectivity index (χ4n) is 2.96. The van der Waals surface area contributed by atoms with Gasteiger partial charge in [0.05, 0.1) is 25.6 Å². The molecule has 0 aromatic rings. The Balaban J connectivity index is 1.65. The highest BCUT2D eigenvalue weighted by Crippen LogP contribution is 2.23. The molecule has 0 bridgehead atoms. The lowest BCUT2D eigenvalue weighted by Crippen LogP contribution is -3.12. The van der Waals surface area contributed by atoms with E-state index in [0.717, 1.165) is 26.0 Å². The molecule has 2 unspecified atom stereocenters. The van der Waals surface area contributed by atoms with E-state index in [-0.39, 0.29) is 18.0 Å². The normalized spacial score (nSPS) is 26.2. The first-order chi connectivity index (χ1) is 10.3. The van der Waals surface area contributed by atoms with E-state index in [4.69, 9.17) is 9.47 Å². The number of hydrogen-bond donors (Lipinski definition) is 1. The Morgan fingerprint density at radius 1 is 1.29 bits per heavy atom. The lowest BCUT2D eigenvalue weighted by Gasteiger charge is -2.20. The zero-order valence-corrected chi connectivity index (χ0v) is 13.2. The van der Waals surface area contributed by atoms with Gasteiger partial charge in [0.25, 0.3) is 0 Å². The maximum Gasteiger partial charge on any atom is 0.310 e. The minimum absolute atomic E-state index is 0.0518. The molecule has 2 atom stereocenters. The molecule has 2 fully saturated rings. The van der Waals surface area contributed by atoms with Crippen LogP contribution in [-0.4, -0.2) is 44.9 Å². The molecule has 0 aromatic carbocycles. The molecule has 0 spiro atoms. The fourth-order valence-corrected chi connectivity index (χ4v) is 2.96. The molecular formula is C17H28NO3+. The van der Waals surface area contributed by atoms with Gasteiger partial charge in [0, 0.05) is 19.4 Å². The zero-order chi connectivity index (χ0) is 14.9. The maximum atomic E-state index is 11.8. The number of cyclic esters (lactones) is 1. The molecule has 2 rings (SSSR count). The van der Waals surface area contributed by atoms with Crippen LogP contribution >= 0.6 is 0 Å². The van der Waals surface area contributed by atoms with Crippen molar-refractivity contribution in [1.82, 2.24) is 0 Å². The second-order valence-corrected chi connectivity index (χ2v) is 6.11. The highest BCUT2D eigenvalue weighted by Gasteiger charge is 2.33. The monoisotopic (exact) mass is 294 g/mol. The van der Waals surface area contributed by atoms with Crippen molar-refractivity contribution in [2.45, 2.75) is 51.6 Å². The topological polar surface area (TPSA) is 40.0 Å². The van der Waals surface area contributed by atoms with Gasteiger partial charge >= 0.3 is 5.97 Å². The summed E-state index contributed by atoms with van der Waals surface area (Å²) < 4.78 is 10.8. The maximum absolute atomic E-state index is 11.8. The SMILES string of the molecule is CCCOCC1CC(CC#CC[NH+]2CCCCC2)C(=O)O1. The van der Waals surface area contributed by atoms with E-state index < -0.39 is 0 Å². The third-order valence-corrected chi connectivity index (χ3v) is 4.19. The standard InChI is InChI=1S/C17H27NO3/c1-2-12-20-14-16-13-15(17(19)21-16)8-4-7-11-18-9-5-3-6-10-18/h15-16H,2-3,5-6,8-14H2,1H3/p+1. The Bertz CT molecular complexity index is 379. The number of rotatable bonds is 6. The molecule has 0 saturated carbocycles. The van der Waals surface area contributed by atoms with E-state index in [0.29, 0.717) is 13.0 Å². The lowest BCUT2D eigenvalue weighted by molar-refractivity contribution is -0.897. The first kappa shape index (κ1) is 16.3. The Morgan fingerprint density at radius 3 is 2.86 bits per heavy atom. The summed E-state index contributed by atoms with van der Waals surface area (Å²) in [7, 11) is 0. The molecule has 2 aliphatic rings. The van der Waals surface area contributed by atoms with E-state index in [1.807, 2.05) is 0 Å². The molecule has 0 aromatic heterocycles. The van der Waals surface area contributed by atoms with Crippen molar-refractivity contribution >= 4 is 5.97 Å². The molecule has 0 radical (unpaired) electrons. The van der Waals surface area contributed by atoms with Crippen molar-refractivity contribution in [3.8, 4) is 11.8 Å². The minimum atomic E-state index is -0.0975. The smallest absolute Gasteiger partial charge is 0.310 e. The van der Waals surface area contributed by atoms with Crippen molar-refractivity contribution in [2.24, 2.45) is 5.92 Å². The summed E-state index contributed by atoms with van der Waals surface area (Å²) >= 11 is 0. The van der Waals surface area contributed by atoms with Crippen LogP contribution in [0.5, 0.6) is 0 Å². The van der Waals surface area contributed by atoms with E-state index >= 15 is 0 Å². The summed E-state index contributed by atoms with van der Waals surface area (Å²) in [6, 6.07) is 0. The van der Waals surface area contributed by atoms with Crippen LogP contribution < -0.4 is 4.90 Å². The molecule has 2 aliphatic heterocycles. The average Bonchev–Trinajstić information content (AvgIpc) is 2.85. The van der Waals surface area contributed by atoms with Crippen LogP contribution in [0, 0.1) is 17.8 Å². The minimum Gasteiger partial charge on any atom is -0.460 e. The molecule has 4 heteroatoms. The number of hydrogen-bond acceptors (Lipinski definition) is 3. The van der Waals surface area contributed by atoms with Crippen molar-refractivity contribution in [3.05, 3.63) is 0 Å². The number of piperidine rings is 1. The second kappa shape index (κ2) is 9.07. The molecule has 21 heavy (non-hydrogen) atoms. The van der Waals surface area contributed by atoms with Crippen molar-refractivity contribution in [1.29, 1.82) is 0 Å². The van der Waals surface area contributed by atoms with Crippen LogP contribution in [-0.2, 0) is 14.3 Å². The lowest BCUT2D eigenvalue weighted by atomic mass is 10.0. The van der Waals surface area contributed by atoms with E-state index in [9.17, 15) is 4.79 Å². The zero-order valence-electron chi connectivity index (χ0n) is 13.2. The Kier molecular flexibility index (Phi) is 7.05. The van der Waals surface area contributed by atoms with Gasteiger partial charge in [-0.25, -0.2) is 0 Å². The number of carbonyl (C=O) groups excluding carboxylic acids is 1. The van der Waals surface area contributed by atoms with Crippen molar-refractivity contribution in [3.63, 3.8) is 0 Å². The van der Waals surface area contributed by atoms with Crippen LogP contribution in [0.1, 0.15) is 45.4 Å². The predicted molar refractivity (Wildman–Crippen MR) is 80.9 cm³/mol. The summed E-state index contributed by atoms with van der Waals surface area (Å²) in [4.78, 5) is 13.4. The molecule has 4 nitrogen and oxygen atoms in total. The van der Waals surface area contributed by atoms with Gasteiger partial charge in [-0.15, -0.1) is 0 Å². The first-order valence-electron chi connectivity index (χ1n) is 8.37. The number of likely N-dealkylation sites (tertiary alicyclic amines) is 1. The summed E-state index contributed by atoms with van der Waals surface area (Å²) in [5.74, 6) is 6.27. The van der Waals surface area contributed by atoms with Crippen LogP contribution in [0.3, 0.4) is 0 Å². The van der Waals surface area contributed by atoms with Gasteiger partial charge in [-0.2, -0.15) is 0 Å². The molecule has 118 valence electrons. The molecular weight excluding hydrogens is 266 g/mol. The van der Waals surface area contributed by atoms with Gasteiger partial charge in [-0.05, 0) is 31.6 Å². The van der Waals surface area contributed by atoms with Crippen LogP contribution in [0.25, 0.3) is 0 Å². The Morgan fingerprint density at radius 2 is 2.10 bits per heavy atom. The number of nitrogens with one attached hydrogen (secondary N) is 1. The van der Waals surface area contributed by atoms with Gasteiger partial charge in [0.15, 0.2) is 0 Å². The van der Waals surface area contributed by atoms with Gasteiger partial charge in [0.1, 0.15) is 12.6 Å². The number of carbonyl (C=O) groups is 1. The summed E-state index contributed by atoms with van der Waals surface area (Å²) in [5.41, 5.74) is 0. The first-order valence-corrected chi connectivity index (χ1v) is 8.37. The second-order valence-electron chi connectivity index (χ2n) is 6.11. The summed E-state index contributed by atoms with van der Waals surface area (Å²) in [5, 5.41) is 0. The number of ether oxygens (including phenoxy) is 2. The van der Waals surface area contributed by atoms with E-state index in [2.05, 4.69) is 18.8 Å². The largest absolute Gasteiger partial charge is 0.460 e. The van der Waals surface area contributed by atoms with Gasteiger partial charge in [0.2, 0.25) is 0 Å². The van der Waals surface area contributed by atoms with Crippen LogP contribution in [0.2, 0.25) is 0 Å². The quantitative estimate of drug-likeness (QED) is 0.448.